The lowest BCUT2D eigenvalue weighted by molar-refractivity contribution is -0.376. The molecule has 152 valence electrons. The summed E-state index contributed by atoms with van der Waals surface area (Å²) >= 11 is 0. The summed E-state index contributed by atoms with van der Waals surface area (Å²) in [5, 5.41) is 9.41. The van der Waals surface area contributed by atoms with Gasteiger partial charge in [-0.1, -0.05) is 30.3 Å². The Hall–Kier alpha value is -2.27. The van der Waals surface area contributed by atoms with Crippen molar-refractivity contribution in [2.45, 2.75) is 29.3 Å². The number of hydrogen-bond acceptors (Lipinski definition) is 3. The minimum absolute atomic E-state index is 0.0208. The van der Waals surface area contributed by atoms with E-state index in [1.807, 2.05) is 0 Å². The van der Waals surface area contributed by atoms with Gasteiger partial charge < -0.3 is 5.11 Å². The average molecular weight is 425 g/mol. The minimum atomic E-state index is -6.01. The highest BCUT2D eigenvalue weighted by Crippen LogP contribution is 2.50. The minimum Gasteiger partial charge on any atom is -0.369 e. The van der Waals surface area contributed by atoms with Gasteiger partial charge in [0.2, 0.25) is 0 Å². The lowest BCUT2D eigenvalue weighted by Gasteiger charge is -2.33. The predicted octanol–water partition coefficient (Wildman–Crippen LogP) is 3.75. The smallest absolute Gasteiger partial charge is 0.369 e. The number of alkyl halides is 6. The summed E-state index contributed by atoms with van der Waals surface area (Å²) < 4.78 is 104. The molecule has 0 amide bonds. The summed E-state index contributed by atoms with van der Waals surface area (Å²) in [5.74, 6) is 0. The number of benzene rings is 2. The van der Waals surface area contributed by atoms with Crippen molar-refractivity contribution < 1.29 is 39.9 Å². The first-order chi connectivity index (χ1) is 12.8. The van der Waals surface area contributed by atoms with Crippen molar-refractivity contribution in [2.24, 2.45) is 0 Å². The zero-order valence-corrected chi connectivity index (χ0v) is 14.7. The van der Waals surface area contributed by atoms with E-state index in [1.165, 1.54) is 12.1 Å². The molecule has 4 nitrogen and oxygen atoms in total. The standard InChI is InChI=1S/C17H13F6NO3S/c18-16(19,20)15(25,17(21,22)23)12-5-7-13(8-6-12)24-10-9-11-3-1-2-4-14(11)28(24,26)27/h1-8,25H,9-10H2. The normalized spacial score (nSPS) is 17.3. The van der Waals surface area contributed by atoms with Gasteiger partial charge in [-0.25, -0.2) is 8.42 Å². The van der Waals surface area contributed by atoms with Gasteiger partial charge in [-0.3, -0.25) is 4.31 Å². The van der Waals surface area contributed by atoms with Crippen LogP contribution in [0.25, 0.3) is 0 Å². The Morgan fingerprint density at radius 3 is 1.93 bits per heavy atom. The van der Waals surface area contributed by atoms with Crippen molar-refractivity contribution >= 4 is 15.7 Å². The van der Waals surface area contributed by atoms with Crippen LogP contribution < -0.4 is 4.31 Å². The number of sulfonamides is 1. The van der Waals surface area contributed by atoms with Crippen LogP contribution in [0.3, 0.4) is 0 Å². The summed E-state index contributed by atoms with van der Waals surface area (Å²) in [5.41, 5.74) is -6.05. The van der Waals surface area contributed by atoms with Crippen LogP contribution in [0.15, 0.2) is 53.4 Å². The van der Waals surface area contributed by atoms with Gasteiger partial charge in [0.15, 0.2) is 0 Å². The highest BCUT2D eigenvalue weighted by molar-refractivity contribution is 7.93. The predicted molar refractivity (Wildman–Crippen MR) is 87.1 cm³/mol. The topological polar surface area (TPSA) is 57.6 Å². The molecule has 0 radical (unpaired) electrons. The van der Waals surface area contributed by atoms with Crippen LogP contribution in [0.2, 0.25) is 0 Å². The summed E-state index contributed by atoms with van der Waals surface area (Å²) in [6.07, 6.45) is -11.7. The number of nitrogens with zero attached hydrogens (tertiary/aromatic N) is 1. The quantitative estimate of drug-likeness (QED) is 0.746. The number of halogens is 6. The Morgan fingerprint density at radius 2 is 1.39 bits per heavy atom. The number of hydrogen-bond donors (Lipinski definition) is 1. The maximum Gasteiger partial charge on any atom is 0.430 e. The van der Waals surface area contributed by atoms with E-state index < -0.39 is 33.5 Å². The molecule has 1 aliphatic rings. The van der Waals surface area contributed by atoms with Crippen molar-refractivity contribution in [3.63, 3.8) is 0 Å². The maximum atomic E-state index is 13.0. The molecular formula is C17H13F6NO3S. The third kappa shape index (κ3) is 3.02. The van der Waals surface area contributed by atoms with Gasteiger partial charge in [-0.2, -0.15) is 26.3 Å². The van der Waals surface area contributed by atoms with Crippen LogP contribution in [0.5, 0.6) is 0 Å². The molecule has 1 aliphatic heterocycles. The van der Waals surface area contributed by atoms with E-state index in [0.717, 1.165) is 16.4 Å². The Kier molecular flexibility index (Phi) is 4.66. The van der Waals surface area contributed by atoms with Crippen LogP contribution in [0, 0.1) is 0 Å². The Labute approximate surface area is 156 Å². The highest BCUT2D eigenvalue weighted by atomic mass is 32.2. The fourth-order valence-electron chi connectivity index (χ4n) is 3.05. The van der Waals surface area contributed by atoms with Crippen molar-refractivity contribution in [1.29, 1.82) is 0 Å². The lowest BCUT2D eigenvalue weighted by Crippen LogP contribution is -2.53. The van der Waals surface area contributed by atoms with Gasteiger partial charge in [0.05, 0.1) is 10.6 Å². The second kappa shape index (κ2) is 6.38. The molecule has 11 heteroatoms. The van der Waals surface area contributed by atoms with Gasteiger partial charge in [0, 0.05) is 12.1 Å². The van der Waals surface area contributed by atoms with Crippen LogP contribution in [0.1, 0.15) is 11.1 Å². The van der Waals surface area contributed by atoms with Crippen LogP contribution in [-0.4, -0.2) is 32.4 Å². The molecule has 0 unspecified atom stereocenters. The Bertz CT molecular complexity index is 969. The van der Waals surface area contributed by atoms with Crippen molar-refractivity contribution in [3.8, 4) is 0 Å². The Balaban J connectivity index is 2.02. The second-order valence-corrected chi connectivity index (χ2v) is 8.02. The largest absolute Gasteiger partial charge is 0.430 e. The summed E-state index contributed by atoms with van der Waals surface area (Å²) in [4.78, 5) is 0.0208. The van der Waals surface area contributed by atoms with Crippen molar-refractivity contribution in [1.82, 2.24) is 0 Å². The first-order valence-electron chi connectivity index (χ1n) is 7.87. The molecule has 2 aromatic rings. The molecule has 0 bridgehead atoms. The summed E-state index contributed by atoms with van der Waals surface area (Å²) in [7, 11) is -4.01. The van der Waals surface area contributed by atoms with Crippen LogP contribution in [0.4, 0.5) is 32.0 Å². The van der Waals surface area contributed by atoms with Gasteiger partial charge >= 0.3 is 12.4 Å². The first-order valence-corrected chi connectivity index (χ1v) is 9.31. The van der Waals surface area contributed by atoms with Crippen molar-refractivity contribution in [2.75, 3.05) is 10.8 Å². The lowest BCUT2D eigenvalue weighted by atomic mass is 9.92. The zero-order valence-electron chi connectivity index (χ0n) is 13.9. The Morgan fingerprint density at radius 1 is 0.857 bits per heavy atom. The van der Waals surface area contributed by atoms with Crippen LogP contribution >= 0.6 is 0 Å². The molecule has 0 atom stereocenters. The molecule has 1 N–H and O–H groups in total. The first kappa shape index (κ1) is 20.5. The molecule has 0 saturated carbocycles. The molecule has 0 saturated heterocycles. The molecule has 0 aliphatic carbocycles. The molecule has 0 aromatic heterocycles. The third-order valence-corrected chi connectivity index (χ3v) is 6.45. The van der Waals surface area contributed by atoms with E-state index in [2.05, 4.69) is 0 Å². The molecule has 28 heavy (non-hydrogen) atoms. The number of rotatable bonds is 2. The average Bonchev–Trinajstić information content (AvgIpc) is 2.59. The molecule has 0 fully saturated rings. The highest BCUT2D eigenvalue weighted by Gasteiger charge is 2.71. The third-order valence-electron chi connectivity index (χ3n) is 4.52. The van der Waals surface area contributed by atoms with E-state index in [1.54, 1.807) is 12.1 Å². The van der Waals surface area contributed by atoms with Gasteiger partial charge in [-0.15, -0.1) is 0 Å². The SMILES string of the molecule is O=S1(=O)c2ccccc2CCN1c1ccc(C(O)(C(F)(F)F)C(F)(F)F)cc1. The van der Waals surface area contributed by atoms with E-state index in [-0.39, 0.29) is 17.1 Å². The molecule has 2 aromatic carbocycles. The summed E-state index contributed by atoms with van der Waals surface area (Å²) in [6.45, 7) is -0.0263. The van der Waals surface area contributed by atoms with E-state index >= 15 is 0 Å². The zero-order chi connectivity index (χ0) is 21.0. The number of anilines is 1. The van der Waals surface area contributed by atoms with Crippen LogP contribution in [-0.2, 0) is 22.0 Å². The van der Waals surface area contributed by atoms with Gasteiger partial charge in [0.25, 0.3) is 15.6 Å². The second-order valence-electron chi connectivity index (χ2n) is 6.19. The van der Waals surface area contributed by atoms with E-state index in [9.17, 15) is 39.9 Å². The molecule has 0 spiro atoms. The maximum absolute atomic E-state index is 13.0. The fourth-order valence-corrected chi connectivity index (χ4v) is 4.77. The van der Waals surface area contributed by atoms with Gasteiger partial charge in [0.1, 0.15) is 0 Å². The molecule has 1 heterocycles. The molecule has 3 rings (SSSR count). The fraction of sp³-hybridized carbons (Fsp3) is 0.294. The number of fused-ring (bicyclic) bond motifs is 1. The van der Waals surface area contributed by atoms with E-state index in [0.29, 0.717) is 24.1 Å². The van der Waals surface area contributed by atoms with E-state index in [4.69, 9.17) is 0 Å². The van der Waals surface area contributed by atoms with Gasteiger partial charge in [-0.05, 0) is 30.2 Å². The monoisotopic (exact) mass is 425 g/mol. The molecular weight excluding hydrogens is 412 g/mol. The number of aliphatic hydroxyl groups is 1. The van der Waals surface area contributed by atoms with Crippen molar-refractivity contribution in [3.05, 3.63) is 59.7 Å². The summed E-state index contributed by atoms with van der Waals surface area (Å²) in [6, 6.07) is 8.63.